The summed E-state index contributed by atoms with van der Waals surface area (Å²) in [5.41, 5.74) is -4.75. The van der Waals surface area contributed by atoms with Crippen molar-refractivity contribution in [3.05, 3.63) is 61.1 Å². The molecule has 2 aliphatic heterocycles. The summed E-state index contributed by atoms with van der Waals surface area (Å²) in [5.74, 6) is -2.83. The van der Waals surface area contributed by atoms with E-state index in [1.165, 1.54) is 31.4 Å². The summed E-state index contributed by atoms with van der Waals surface area (Å²) >= 11 is 6.38. The van der Waals surface area contributed by atoms with Crippen molar-refractivity contribution in [2.24, 2.45) is 10.8 Å². The molecule has 1 aliphatic carbocycles. The van der Waals surface area contributed by atoms with E-state index in [2.05, 4.69) is 5.32 Å². The highest BCUT2D eigenvalue weighted by Crippen LogP contribution is 2.52. The summed E-state index contributed by atoms with van der Waals surface area (Å²) in [7, 11) is 0. The summed E-state index contributed by atoms with van der Waals surface area (Å²) < 4.78 is 65.1. The number of rotatable bonds is 4. The number of fused-ring (bicyclic) bond motifs is 5. The predicted molar refractivity (Wildman–Crippen MR) is 157 cm³/mol. The van der Waals surface area contributed by atoms with Gasteiger partial charge < -0.3 is 19.7 Å². The van der Waals surface area contributed by atoms with E-state index in [1.807, 2.05) is 0 Å². The monoisotopic (exact) mass is 649 g/mol. The van der Waals surface area contributed by atoms with Crippen LogP contribution in [-0.4, -0.2) is 32.7 Å². The van der Waals surface area contributed by atoms with E-state index in [1.54, 1.807) is 6.92 Å². The van der Waals surface area contributed by atoms with Gasteiger partial charge in [0.15, 0.2) is 5.60 Å². The van der Waals surface area contributed by atoms with Crippen LogP contribution in [0.2, 0.25) is 5.02 Å². The number of hydrogen-bond acceptors (Lipinski definition) is 6. The van der Waals surface area contributed by atoms with Gasteiger partial charge in [-0.3, -0.25) is 9.59 Å². The molecule has 2 aromatic heterocycles. The molecule has 0 unspecified atom stereocenters. The molecular formula is C32H32ClF4N3O5. The van der Waals surface area contributed by atoms with E-state index in [0.29, 0.717) is 28.5 Å². The third-order valence-corrected chi connectivity index (χ3v) is 10.4. The molecule has 0 fully saturated rings. The van der Waals surface area contributed by atoms with Crippen LogP contribution in [0.15, 0.2) is 16.9 Å². The minimum absolute atomic E-state index is 0.00207. The number of benzene rings is 1. The number of nitrogens with one attached hydrogen (secondary N) is 1. The Morgan fingerprint density at radius 1 is 1.18 bits per heavy atom. The summed E-state index contributed by atoms with van der Waals surface area (Å²) in [6, 6.07) is 1.68. The number of carbonyl (C=O) groups excluding carboxylic acids is 2. The number of amides is 1. The van der Waals surface area contributed by atoms with Crippen molar-refractivity contribution in [1.82, 2.24) is 14.9 Å². The molecule has 0 radical (unpaired) electrons. The standard InChI is InChI=1S/C32H32ClF4N3O5/c1-6-9-31(44)17-10-21-25-15(12-40(21)26(41)16(17)13-45-28(31)43)23-19(39-27(42)30(5,29(2,3)4)32(35,36)37)8-7-14-22(23)20(38-25)11-18(34)24(14)33/h10-11,19,44H,6-9,12-13H2,1-5H3,(H,39,42)/t19-,30+,31-/m0/s1. The van der Waals surface area contributed by atoms with Crippen molar-refractivity contribution in [3.63, 3.8) is 0 Å². The van der Waals surface area contributed by atoms with Crippen molar-refractivity contribution in [3.8, 4) is 11.4 Å². The Morgan fingerprint density at radius 3 is 2.49 bits per heavy atom. The first-order valence-corrected chi connectivity index (χ1v) is 15.1. The maximum Gasteiger partial charge on any atom is 0.403 e. The van der Waals surface area contributed by atoms with Crippen molar-refractivity contribution < 1.29 is 37.0 Å². The van der Waals surface area contributed by atoms with E-state index in [-0.39, 0.29) is 65.5 Å². The van der Waals surface area contributed by atoms with Crippen LogP contribution < -0.4 is 10.9 Å². The lowest BCUT2D eigenvalue weighted by Gasteiger charge is -2.42. The molecule has 8 nitrogen and oxygen atoms in total. The van der Waals surface area contributed by atoms with Gasteiger partial charge in [-0.2, -0.15) is 13.2 Å². The molecule has 45 heavy (non-hydrogen) atoms. The molecule has 1 aromatic carbocycles. The van der Waals surface area contributed by atoms with Crippen LogP contribution in [0.4, 0.5) is 17.6 Å². The number of aryl methyl sites for hydroxylation is 1. The maximum absolute atomic E-state index is 15.0. The first-order valence-electron chi connectivity index (χ1n) is 14.7. The van der Waals surface area contributed by atoms with Gasteiger partial charge in [0.1, 0.15) is 17.8 Å². The topological polar surface area (TPSA) is 111 Å². The third-order valence-electron chi connectivity index (χ3n) is 9.97. The number of carbonyl (C=O) groups is 2. The number of ether oxygens (including phenoxy) is 1. The molecular weight excluding hydrogens is 618 g/mol. The number of alkyl halides is 3. The first kappa shape index (κ1) is 31.5. The summed E-state index contributed by atoms with van der Waals surface area (Å²) in [6.45, 7) is 6.28. The Bertz CT molecular complexity index is 1870. The average molecular weight is 650 g/mol. The second kappa shape index (κ2) is 9.99. The zero-order valence-electron chi connectivity index (χ0n) is 25.3. The van der Waals surface area contributed by atoms with Crippen LogP contribution in [0.1, 0.15) is 87.7 Å². The molecule has 3 aromatic rings. The smallest absolute Gasteiger partial charge is 0.403 e. The number of cyclic esters (lactones) is 1. The van der Waals surface area contributed by atoms with Crippen molar-refractivity contribution >= 4 is 34.4 Å². The largest absolute Gasteiger partial charge is 0.458 e. The van der Waals surface area contributed by atoms with Crippen molar-refractivity contribution in [2.75, 3.05) is 0 Å². The van der Waals surface area contributed by atoms with Gasteiger partial charge in [-0.25, -0.2) is 14.2 Å². The van der Waals surface area contributed by atoms with Gasteiger partial charge >= 0.3 is 12.1 Å². The van der Waals surface area contributed by atoms with Gasteiger partial charge in [0.2, 0.25) is 5.91 Å². The number of nitrogens with zero attached hydrogens (tertiary/aromatic N) is 2. The van der Waals surface area contributed by atoms with Gasteiger partial charge in [-0.15, -0.1) is 0 Å². The van der Waals surface area contributed by atoms with Gasteiger partial charge in [0.25, 0.3) is 5.56 Å². The fraction of sp³-hybridized carbons (Fsp3) is 0.500. The molecule has 6 rings (SSSR count). The second-order valence-corrected chi connectivity index (χ2v) is 13.7. The molecule has 4 heterocycles. The lowest BCUT2D eigenvalue weighted by Crippen LogP contribution is -2.56. The number of hydrogen-bond donors (Lipinski definition) is 2. The van der Waals surface area contributed by atoms with Gasteiger partial charge in [-0.05, 0) is 48.8 Å². The van der Waals surface area contributed by atoms with Gasteiger partial charge in [0.05, 0.1) is 40.1 Å². The Balaban J connectivity index is 1.59. The molecule has 240 valence electrons. The SMILES string of the molecule is CCC[C@@]1(O)C(=O)OCc2c1cc1n(c2=O)Cc2c-1nc1cc(F)c(Cl)c3c1c2[C@@H](NC(=O)[C@](C)(C(C)(C)C)C(F)(F)F)CC3. The third kappa shape index (κ3) is 4.27. The Hall–Kier alpha value is -3.51. The molecule has 0 saturated heterocycles. The highest BCUT2D eigenvalue weighted by atomic mass is 35.5. The van der Waals surface area contributed by atoms with E-state index in [0.717, 1.165) is 13.0 Å². The minimum atomic E-state index is -4.87. The Labute approximate surface area is 260 Å². The van der Waals surface area contributed by atoms with E-state index in [9.17, 15) is 32.7 Å². The Kier molecular flexibility index (Phi) is 6.99. The lowest BCUT2D eigenvalue weighted by atomic mass is 9.66. The van der Waals surface area contributed by atoms with Gasteiger partial charge in [0, 0.05) is 22.6 Å². The van der Waals surface area contributed by atoms with Crippen LogP contribution in [0.25, 0.3) is 22.3 Å². The van der Waals surface area contributed by atoms with Crippen molar-refractivity contribution in [1.29, 1.82) is 0 Å². The summed E-state index contributed by atoms with van der Waals surface area (Å²) in [6.07, 6.45) is -4.19. The second-order valence-electron chi connectivity index (χ2n) is 13.3. The zero-order chi connectivity index (χ0) is 33.0. The van der Waals surface area contributed by atoms with Crippen molar-refractivity contribution in [2.45, 2.75) is 91.3 Å². The van der Waals surface area contributed by atoms with E-state index < -0.39 is 51.9 Å². The number of aromatic nitrogens is 2. The molecule has 0 saturated carbocycles. The van der Waals surface area contributed by atoms with Gasteiger partial charge in [-0.1, -0.05) is 45.7 Å². The molecule has 1 amide bonds. The zero-order valence-corrected chi connectivity index (χ0v) is 26.1. The summed E-state index contributed by atoms with van der Waals surface area (Å²) in [4.78, 5) is 44.9. The van der Waals surface area contributed by atoms with Crippen LogP contribution >= 0.6 is 11.6 Å². The summed E-state index contributed by atoms with van der Waals surface area (Å²) in [5, 5.41) is 14.3. The van der Waals surface area contributed by atoms with Crippen LogP contribution in [-0.2, 0) is 39.5 Å². The predicted octanol–water partition coefficient (Wildman–Crippen LogP) is 5.98. The number of aliphatic hydroxyl groups is 1. The number of halogens is 5. The quantitative estimate of drug-likeness (QED) is 0.208. The average Bonchev–Trinajstić information content (AvgIpc) is 3.31. The molecule has 0 spiro atoms. The molecule has 13 heteroatoms. The Morgan fingerprint density at radius 2 is 1.87 bits per heavy atom. The molecule has 3 aliphatic rings. The minimum Gasteiger partial charge on any atom is -0.458 e. The number of pyridine rings is 2. The van der Waals surface area contributed by atoms with E-state index >= 15 is 4.39 Å². The maximum atomic E-state index is 15.0. The van der Waals surface area contributed by atoms with Crippen LogP contribution in [0.3, 0.4) is 0 Å². The molecule has 3 atom stereocenters. The normalized spacial score (nSPS) is 21.9. The lowest BCUT2D eigenvalue weighted by molar-refractivity contribution is -0.243. The van der Waals surface area contributed by atoms with Crippen LogP contribution in [0, 0.1) is 16.6 Å². The van der Waals surface area contributed by atoms with E-state index in [4.69, 9.17) is 21.3 Å². The fourth-order valence-corrected chi connectivity index (χ4v) is 7.20. The fourth-order valence-electron chi connectivity index (χ4n) is 6.96. The highest BCUT2D eigenvalue weighted by molar-refractivity contribution is 6.32. The van der Waals surface area contributed by atoms with Crippen LogP contribution in [0.5, 0.6) is 0 Å². The highest BCUT2D eigenvalue weighted by Gasteiger charge is 2.63. The molecule has 2 N–H and O–H groups in total. The first-order chi connectivity index (χ1) is 20.9. The number of esters is 1. The molecule has 0 bridgehead atoms.